The molecule has 1 aromatic heterocycles. The van der Waals surface area contributed by atoms with Gasteiger partial charge in [0.25, 0.3) is 9.84 Å². The molecular formula is C35H40F3NO6S2Si. The molecule has 0 saturated carbocycles. The quantitative estimate of drug-likeness (QED) is 0.153. The molecule has 0 amide bonds. The van der Waals surface area contributed by atoms with E-state index in [2.05, 4.69) is 38.8 Å². The topological polar surface area (TPSA) is 90.0 Å². The maximum Gasteiger partial charge on any atom is 0.501 e. The number of benzene rings is 2. The van der Waals surface area contributed by atoms with Crippen LogP contribution in [0.3, 0.4) is 0 Å². The Balaban J connectivity index is 1.53. The van der Waals surface area contributed by atoms with Gasteiger partial charge in [0.05, 0.1) is 10.5 Å². The van der Waals surface area contributed by atoms with Crippen LogP contribution in [-0.4, -0.2) is 65.0 Å². The van der Waals surface area contributed by atoms with Gasteiger partial charge in [0.2, 0.25) is 8.32 Å². The van der Waals surface area contributed by atoms with E-state index >= 15 is 0 Å². The molecule has 3 aromatic rings. The van der Waals surface area contributed by atoms with E-state index in [9.17, 15) is 31.2 Å². The number of hydrogen-bond acceptors (Lipinski definition) is 8. The average Bonchev–Trinajstić information content (AvgIpc) is 3.41. The molecule has 258 valence electrons. The number of nitrogens with zero attached hydrogens (tertiary/aromatic N) is 1. The highest BCUT2D eigenvalue weighted by Crippen LogP contribution is 2.46. The van der Waals surface area contributed by atoms with Crippen molar-refractivity contribution in [2.24, 2.45) is 0 Å². The van der Waals surface area contributed by atoms with Crippen LogP contribution in [0.4, 0.5) is 13.2 Å². The van der Waals surface area contributed by atoms with Gasteiger partial charge >= 0.3 is 5.51 Å². The molecule has 0 radical (unpaired) electrons. The lowest BCUT2D eigenvalue weighted by Gasteiger charge is -2.36. The van der Waals surface area contributed by atoms with Crippen LogP contribution in [0.1, 0.15) is 77.6 Å². The summed E-state index contributed by atoms with van der Waals surface area (Å²) in [5.41, 5.74) is -4.86. The molecule has 0 bridgehead atoms. The predicted molar refractivity (Wildman–Crippen MR) is 185 cm³/mol. The number of thiophene rings is 1. The third-order valence-corrected chi connectivity index (χ3v) is 16.3. The Labute approximate surface area is 284 Å². The fraction of sp³-hybridized carbons (Fsp3) is 0.429. The van der Waals surface area contributed by atoms with Crippen LogP contribution in [-0.2, 0) is 9.84 Å². The number of carbonyl (C=O) groups is 2. The summed E-state index contributed by atoms with van der Waals surface area (Å²) in [6.45, 7) is 13.9. The first-order chi connectivity index (χ1) is 22.4. The van der Waals surface area contributed by atoms with Gasteiger partial charge in [-0.05, 0) is 92.1 Å². The Hall–Kier alpha value is -3.26. The molecule has 0 atom stereocenters. The predicted octanol–water partition coefficient (Wildman–Crippen LogP) is 8.76. The molecule has 2 aliphatic rings. The monoisotopic (exact) mass is 719 g/mol. The number of halogens is 3. The van der Waals surface area contributed by atoms with Crippen molar-refractivity contribution in [3.8, 4) is 21.9 Å². The molecular weight excluding hydrogens is 680 g/mol. The van der Waals surface area contributed by atoms with Crippen molar-refractivity contribution < 1.29 is 40.3 Å². The van der Waals surface area contributed by atoms with Crippen LogP contribution in [0.2, 0.25) is 18.1 Å². The van der Waals surface area contributed by atoms with Gasteiger partial charge in [0, 0.05) is 33.8 Å². The number of piperidine rings is 1. The zero-order valence-electron chi connectivity index (χ0n) is 27.7. The van der Waals surface area contributed by atoms with Gasteiger partial charge in [-0.3, -0.25) is 14.5 Å². The number of ether oxygens (including phenoxy) is 1. The molecule has 7 nitrogen and oxygen atoms in total. The summed E-state index contributed by atoms with van der Waals surface area (Å²) >= 11 is 0.909. The zero-order chi connectivity index (χ0) is 35.1. The second-order valence-electron chi connectivity index (χ2n) is 13.7. The van der Waals surface area contributed by atoms with Gasteiger partial charge < -0.3 is 9.16 Å². The normalized spacial score (nSPS) is 16.3. The molecule has 0 unspecified atom stereocenters. The van der Waals surface area contributed by atoms with Crippen LogP contribution in [0.15, 0.2) is 53.4 Å². The molecule has 0 spiro atoms. The van der Waals surface area contributed by atoms with E-state index in [1.807, 2.05) is 0 Å². The lowest BCUT2D eigenvalue weighted by Crippen LogP contribution is -2.43. The summed E-state index contributed by atoms with van der Waals surface area (Å²) in [7, 11) is -8.01. The van der Waals surface area contributed by atoms with Crippen LogP contribution in [0, 0.1) is 0 Å². The number of Topliss-reactive ketones (excluding diaryl/α,β-unsaturated/α-hetero) is 1. The van der Waals surface area contributed by atoms with E-state index in [1.165, 1.54) is 19.3 Å². The van der Waals surface area contributed by atoms with Crippen molar-refractivity contribution in [1.29, 1.82) is 0 Å². The van der Waals surface area contributed by atoms with Gasteiger partial charge in [-0.15, -0.1) is 11.3 Å². The Morgan fingerprint density at radius 1 is 0.979 bits per heavy atom. The molecule has 1 aliphatic heterocycles. The molecule has 0 N–H and O–H groups in total. The number of hydrogen-bond donors (Lipinski definition) is 0. The molecule has 1 aliphatic carbocycles. The van der Waals surface area contributed by atoms with Crippen molar-refractivity contribution in [3.63, 3.8) is 0 Å². The maximum absolute atomic E-state index is 14.2. The third kappa shape index (κ3) is 7.48. The minimum Gasteiger partial charge on any atom is -0.543 e. The van der Waals surface area contributed by atoms with Gasteiger partial charge in [0.1, 0.15) is 18.1 Å². The van der Waals surface area contributed by atoms with E-state index in [0.29, 0.717) is 28.5 Å². The fourth-order valence-electron chi connectivity index (χ4n) is 5.48. The first-order valence-corrected chi connectivity index (χ1v) is 21.1. The second-order valence-corrected chi connectivity index (χ2v) is 21.5. The third-order valence-electron chi connectivity index (χ3n) is 9.23. The minimum absolute atomic E-state index is 0.0131. The van der Waals surface area contributed by atoms with E-state index in [4.69, 9.17) is 9.16 Å². The summed E-state index contributed by atoms with van der Waals surface area (Å²) in [4.78, 5) is 29.3. The van der Waals surface area contributed by atoms with E-state index in [0.717, 1.165) is 37.0 Å². The Kier molecular flexibility index (Phi) is 10.2. The number of carbonyl (C=O) groups excluding carboxylic acids is 2. The molecule has 1 fully saturated rings. The van der Waals surface area contributed by atoms with Crippen LogP contribution >= 0.6 is 11.3 Å². The smallest absolute Gasteiger partial charge is 0.501 e. The SMILES string of the molecule is CC(C)(C)[Si](C)(C)Oc1cccc(-c2sc3c(c2C(=O)c2ccc(OCCN4CCCCC4)cc2)C(=O)CC(S(=O)(=O)C(F)(F)F)=C3)c1. The maximum atomic E-state index is 14.2. The molecule has 5 rings (SSSR count). The van der Waals surface area contributed by atoms with Crippen molar-refractivity contribution in [2.75, 3.05) is 26.2 Å². The van der Waals surface area contributed by atoms with Crippen molar-refractivity contribution in [1.82, 2.24) is 4.90 Å². The Bertz CT molecular complexity index is 1830. The number of likely N-dealkylation sites (tertiary alicyclic amines) is 1. The Morgan fingerprint density at radius 2 is 1.65 bits per heavy atom. The van der Waals surface area contributed by atoms with E-state index in [1.54, 1.807) is 48.5 Å². The second kappa shape index (κ2) is 13.6. The number of fused-ring (bicyclic) bond motifs is 1. The lowest BCUT2D eigenvalue weighted by molar-refractivity contribution is -0.0426. The number of allylic oxidation sites excluding steroid dienone is 1. The number of alkyl halides is 3. The lowest BCUT2D eigenvalue weighted by atomic mass is 9.91. The van der Waals surface area contributed by atoms with Crippen molar-refractivity contribution in [2.45, 2.75) is 70.1 Å². The molecule has 2 aromatic carbocycles. The average molecular weight is 720 g/mol. The van der Waals surface area contributed by atoms with E-state index in [-0.39, 0.29) is 26.6 Å². The van der Waals surface area contributed by atoms with Crippen LogP contribution in [0.5, 0.6) is 11.5 Å². The molecule has 1 saturated heterocycles. The molecule has 48 heavy (non-hydrogen) atoms. The highest BCUT2D eigenvalue weighted by molar-refractivity contribution is 7.96. The van der Waals surface area contributed by atoms with Gasteiger partial charge in [-0.1, -0.05) is 39.3 Å². The number of ketones is 2. The number of rotatable bonds is 10. The van der Waals surface area contributed by atoms with Crippen molar-refractivity contribution >= 4 is 47.1 Å². The highest BCUT2D eigenvalue weighted by atomic mass is 32.2. The van der Waals surface area contributed by atoms with Crippen LogP contribution < -0.4 is 9.16 Å². The molecule has 13 heteroatoms. The highest BCUT2D eigenvalue weighted by Gasteiger charge is 2.50. The zero-order valence-corrected chi connectivity index (χ0v) is 30.3. The summed E-state index contributed by atoms with van der Waals surface area (Å²) in [6.07, 6.45) is 3.48. The van der Waals surface area contributed by atoms with Crippen molar-refractivity contribution in [3.05, 3.63) is 75.0 Å². The fourth-order valence-corrected chi connectivity index (χ4v) is 8.75. The Morgan fingerprint density at radius 3 is 2.27 bits per heavy atom. The summed E-state index contributed by atoms with van der Waals surface area (Å²) < 4.78 is 77.4. The number of sulfone groups is 1. The molecule has 2 heterocycles. The first-order valence-electron chi connectivity index (χ1n) is 15.9. The first kappa shape index (κ1) is 36.0. The standard InChI is InChI=1S/C35H40F3NO6S2Si/c1-34(2,3)48(4,5)45-26-11-9-10-24(20-26)33-31(30-28(40)21-27(22-29(30)46-33)47(42,43)35(36,37)38)32(41)23-12-14-25(15-13-23)44-19-18-39-16-7-6-8-17-39/h9-15,20,22H,6-8,16-19,21H2,1-5H3. The van der Waals surface area contributed by atoms with Gasteiger partial charge in [0.15, 0.2) is 11.6 Å². The van der Waals surface area contributed by atoms with Crippen LogP contribution in [0.25, 0.3) is 16.5 Å². The van der Waals surface area contributed by atoms with Gasteiger partial charge in [-0.25, -0.2) is 8.42 Å². The van der Waals surface area contributed by atoms with Gasteiger partial charge in [-0.2, -0.15) is 13.2 Å². The largest absolute Gasteiger partial charge is 0.543 e. The van der Waals surface area contributed by atoms with E-state index < -0.39 is 46.6 Å². The summed E-state index contributed by atoms with van der Waals surface area (Å²) in [5, 5.41) is -0.104. The summed E-state index contributed by atoms with van der Waals surface area (Å²) in [5.74, 6) is -0.251. The summed E-state index contributed by atoms with van der Waals surface area (Å²) in [6, 6.07) is 13.5. The minimum atomic E-state index is -5.75.